The average molecular weight is 324 g/mol. The fourth-order valence-electron chi connectivity index (χ4n) is 2.80. The molecule has 1 aliphatic heterocycles. The zero-order chi connectivity index (χ0) is 17.1. The lowest BCUT2D eigenvalue weighted by molar-refractivity contribution is -0.117. The fraction of sp³-hybridized carbons (Fsp3) is 0.263. The second-order valence-corrected chi connectivity index (χ2v) is 5.91. The van der Waals surface area contributed by atoms with Gasteiger partial charge < -0.3 is 15.4 Å². The topological polar surface area (TPSA) is 67.4 Å². The normalized spacial score (nSPS) is 15.6. The van der Waals surface area contributed by atoms with Crippen molar-refractivity contribution in [2.45, 2.75) is 25.7 Å². The molecule has 0 aliphatic carbocycles. The van der Waals surface area contributed by atoms with Crippen molar-refractivity contribution in [1.82, 2.24) is 0 Å². The van der Waals surface area contributed by atoms with E-state index in [0.717, 1.165) is 22.6 Å². The van der Waals surface area contributed by atoms with Gasteiger partial charge in [0.1, 0.15) is 5.75 Å². The summed E-state index contributed by atoms with van der Waals surface area (Å²) in [7, 11) is 1.63. The molecule has 3 rings (SSSR count). The molecule has 5 nitrogen and oxygen atoms in total. The minimum absolute atomic E-state index is 0.00787. The number of aryl methyl sites for hydroxylation is 1. The number of hydrogen-bond acceptors (Lipinski definition) is 3. The van der Waals surface area contributed by atoms with Crippen molar-refractivity contribution >= 4 is 23.2 Å². The van der Waals surface area contributed by atoms with Crippen LogP contribution in [-0.2, 0) is 16.0 Å². The molecular formula is C19H20N2O3. The summed E-state index contributed by atoms with van der Waals surface area (Å²) in [6, 6.07) is 13.2. The summed E-state index contributed by atoms with van der Waals surface area (Å²) in [4.78, 5) is 23.8. The molecule has 2 N–H and O–H groups in total. The highest BCUT2D eigenvalue weighted by Crippen LogP contribution is 2.34. The van der Waals surface area contributed by atoms with Crippen LogP contribution in [-0.4, -0.2) is 18.9 Å². The van der Waals surface area contributed by atoms with E-state index in [1.54, 1.807) is 13.2 Å². The van der Waals surface area contributed by atoms with Gasteiger partial charge in [-0.15, -0.1) is 0 Å². The zero-order valence-corrected chi connectivity index (χ0v) is 13.8. The van der Waals surface area contributed by atoms with Crippen LogP contribution in [0, 0.1) is 0 Å². The van der Waals surface area contributed by atoms with Crippen molar-refractivity contribution in [2.75, 3.05) is 17.7 Å². The summed E-state index contributed by atoms with van der Waals surface area (Å²) >= 11 is 0. The Morgan fingerprint density at radius 3 is 2.88 bits per heavy atom. The Bertz CT molecular complexity index is 786. The van der Waals surface area contributed by atoms with E-state index in [9.17, 15) is 9.59 Å². The largest absolute Gasteiger partial charge is 0.497 e. The minimum atomic E-state index is -0.186. The average Bonchev–Trinajstić information content (AvgIpc) is 2.88. The van der Waals surface area contributed by atoms with Crippen LogP contribution >= 0.6 is 0 Å². The van der Waals surface area contributed by atoms with Gasteiger partial charge in [-0.05, 0) is 54.8 Å². The van der Waals surface area contributed by atoms with Gasteiger partial charge in [-0.2, -0.15) is 0 Å². The van der Waals surface area contributed by atoms with Crippen LogP contribution < -0.4 is 15.4 Å². The van der Waals surface area contributed by atoms with Crippen LogP contribution in [0.3, 0.4) is 0 Å². The van der Waals surface area contributed by atoms with Crippen molar-refractivity contribution in [1.29, 1.82) is 0 Å². The van der Waals surface area contributed by atoms with E-state index in [1.807, 2.05) is 43.3 Å². The molecule has 0 saturated carbocycles. The van der Waals surface area contributed by atoms with Crippen LogP contribution in [0.15, 0.2) is 42.5 Å². The SMILES string of the molecule is COc1cccc(CCC(=O)Nc2ccc3c(c2)C(C)C(=O)N3)c1. The summed E-state index contributed by atoms with van der Waals surface area (Å²) in [6.45, 7) is 1.86. The molecule has 5 heteroatoms. The first-order valence-electron chi connectivity index (χ1n) is 7.94. The second-order valence-electron chi connectivity index (χ2n) is 5.91. The van der Waals surface area contributed by atoms with Gasteiger partial charge in [0.15, 0.2) is 0 Å². The maximum Gasteiger partial charge on any atom is 0.231 e. The standard InChI is InChI=1S/C19H20N2O3/c1-12-16-11-14(7-8-17(16)21-19(12)23)20-18(22)9-6-13-4-3-5-15(10-13)24-2/h3-5,7-8,10-12H,6,9H2,1-2H3,(H,20,22)(H,21,23). The summed E-state index contributed by atoms with van der Waals surface area (Å²) in [6.07, 6.45) is 1.03. The lowest BCUT2D eigenvalue weighted by Gasteiger charge is -2.09. The molecule has 24 heavy (non-hydrogen) atoms. The first-order valence-corrected chi connectivity index (χ1v) is 7.94. The lowest BCUT2D eigenvalue weighted by atomic mass is 10.0. The van der Waals surface area contributed by atoms with Crippen LogP contribution in [0.4, 0.5) is 11.4 Å². The molecule has 2 aromatic carbocycles. The fourth-order valence-corrected chi connectivity index (χ4v) is 2.80. The Hall–Kier alpha value is -2.82. The van der Waals surface area contributed by atoms with Gasteiger partial charge in [-0.1, -0.05) is 12.1 Å². The molecule has 2 aromatic rings. The van der Waals surface area contributed by atoms with Crippen molar-refractivity contribution in [3.8, 4) is 5.75 Å². The van der Waals surface area contributed by atoms with E-state index in [4.69, 9.17) is 4.74 Å². The molecule has 1 atom stereocenters. The van der Waals surface area contributed by atoms with E-state index in [0.29, 0.717) is 18.5 Å². The van der Waals surface area contributed by atoms with Gasteiger partial charge in [0.25, 0.3) is 0 Å². The Morgan fingerprint density at radius 1 is 1.25 bits per heavy atom. The summed E-state index contributed by atoms with van der Waals surface area (Å²) in [5.74, 6) is 0.542. The van der Waals surface area contributed by atoms with Crippen molar-refractivity contribution in [2.24, 2.45) is 0 Å². The molecule has 0 aromatic heterocycles. The third-order valence-electron chi connectivity index (χ3n) is 4.23. The van der Waals surface area contributed by atoms with Crippen LogP contribution in [0.1, 0.15) is 30.4 Å². The van der Waals surface area contributed by atoms with E-state index < -0.39 is 0 Å². The monoisotopic (exact) mass is 324 g/mol. The van der Waals surface area contributed by atoms with Crippen molar-refractivity contribution in [3.05, 3.63) is 53.6 Å². The number of rotatable bonds is 5. The van der Waals surface area contributed by atoms with Gasteiger partial charge in [-0.25, -0.2) is 0 Å². The number of ether oxygens (including phenoxy) is 1. The second kappa shape index (κ2) is 6.74. The predicted molar refractivity (Wildman–Crippen MR) is 93.4 cm³/mol. The smallest absolute Gasteiger partial charge is 0.231 e. The number of nitrogens with one attached hydrogen (secondary N) is 2. The van der Waals surface area contributed by atoms with Crippen LogP contribution in [0.25, 0.3) is 0 Å². The molecule has 1 unspecified atom stereocenters. The molecule has 0 radical (unpaired) electrons. The number of amides is 2. The molecular weight excluding hydrogens is 304 g/mol. The van der Waals surface area contributed by atoms with E-state index in [2.05, 4.69) is 10.6 Å². The van der Waals surface area contributed by atoms with E-state index >= 15 is 0 Å². The molecule has 0 bridgehead atoms. The van der Waals surface area contributed by atoms with Crippen molar-refractivity contribution < 1.29 is 14.3 Å². The third-order valence-corrected chi connectivity index (χ3v) is 4.23. The molecule has 0 spiro atoms. The molecule has 1 aliphatic rings. The van der Waals surface area contributed by atoms with Crippen LogP contribution in [0.5, 0.6) is 5.75 Å². The Labute approximate surface area is 141 Å². The first-order chi connectivity index (χ1) is 11.6. The number of benzene rings is 2. The molecule has 1 heterocycles. The lowest BCUT2D eigenvalue weighted by Crippen LogP contribution is -2.12. The molecule has 2 amide bonds. The Morgan fingerprint density at radius 2 is 2.08 bits per heavy atom. The number of fused-ring (bicyclic) bond motifs is 1. The molecule has 0 fully saturated rings. The van der Waals surface area contributed by atoms with E-state index in [-0.39, 0.29) is 17.7 Å². The highest BCUT2D eigenvalue weighted by atomic mass is 16.5. The highest BCUT2D eigenvalue weighted by molar-refractivity contribution is 6.03. The molecule has 0 saturated heterocycles. The van der Waals surface area contributed by atoms with Gasteiger partial charge in [0.2, 0.25) is 11.8 Å². The summed E-state index contributed by atoms with van der Waals surface area (Å²) in [5, 5.41) is 5.72. The number of anilines is 2. The predicted octanol–water partition coefficient (Wildman–Crippen LogP) is 3.32. The van der Waals surface area contributed by atoms with Gasteiger partial charge in [0, 0.05) is 17.8 Å². The Kier molecular flexibility index (Phi) is 4.51. The van der Waals surface area contributed by atoms with Gasteiger partial charge in [-0.3, -0.25) is 9.59 Å². The number of hydrogen-bond donors (Lipinski definition) is 2. The third kappa shape index (κ3) is 3.40. The number of carbonyl (C=O) groups is 2. The maximum absolute atomic E-state index is 12.2. The maximum atomic E-state index is 12.2. The summed E-state index contributed by atoms with van der Waals surface area (Å²) in [5.41, 5.74) is 3.52. The Balaban J connectivity index is 1.60. The highest BCUT2D eigenvalue weighted by Gasteiger charge is 2.26. The quantitative estimate of drug-likeness (QED) is 0.886. The minimum Gasteiger partial charge on any atom is -0.497 e. The number of carbonyl (C=O) groups excluding carboxylic acids is 2. The van der Waals surface area contributed by atoms with E-state index in [1.165, 1.54) is 0 Å². The van der Waals surface area contributed by atoms with Gasteiger partial charge >= 0.3 is 0 Å². The summed E-state index contributed by atoms with van der Waals surface area (Å²) < 4.78 is 5.18. The van der Waals surface area contributed by atoms with Gasteiger partial charge in [0.05, 0.1) is 13.0 Å². The van der Waals surface area contributed by atoms with Crippen molar-refractivity contribution in [3.63, 3.8) is 0 Å². The first kappa shape index (κ1) is 16.1. The van der Waals surface area contributed by atoms with Crippen LogP contribution in [0.2, 0.25) is 0 Å². The number of methoxy groups -OCH3 is 1. The molecule has 124 valence electrons. The zero-order valence-electron chi connectivity index (χ0n) is 13.8.